The number of carbonyl (C=O) groups excluding carboxylic acids is 1. The van der Waals surface area contributed by atoms with Gasteiger partial charge in [0, 0.05) is 19.2 Å². The average Bonchev–Trinajstić information content (AvgIpc) is 2.99. The summed E-state index contributed by atoms with van der Waals surface area (Å²) in [6, 6.07) is 3.88. The molecular formula is C14H20N6O. The number of rotatable bonds is 7. The standard InChI is InChI=1S/C14H20N6O/c1-3-12(14-11(2)6-4-8-15-14)17-13(21)7-5-9-20-10-16-18-19-20/h4,6,8,10,12H,3,5,7,9H2,1-2H3,(H,17,21)/t12-/m0/s1. The van der Waals surface area contributed by atoms with Crippen molar-refractivity contribution in [2.75, 3.05) is 0 Å². The van der Waals surface area contributed by atoms with Crippen LogP contribution in [0.4, 0.5) is 0 Å². The Morgan fingerprint density at radius 2 is 2.33 bits per heavy atom. The summed E-state index contributed by atoms with van der Waals surface area (Å²) < 4.78 is 1.62. The first-order valence-electron chi connectivity index (χ1n) is 7.12. The van der Waals surface area contributed by atoms with E-state index in [2.05, 4.69) is 25.8 Å². The molecule has 0 aliphatic heterocycles. The molecule has 0 aliphatic carbocycles. The van der Waals surface area contributed by atoms with Crippen LogP contribution in [0.3, 0.4) is 0 Å². The maximum Gasteiger partial charge on any atom is 0.220 e. The average molecular weight is 288 g/mol. The molecule has 2 aromatic rings. The van der Waals surface area contributed by atoms with E-state index >= 15 is 0 Å². The van der Waals surface area contributed by atoms with Crippen molar-refractivity contribution in [1.82, 2.24) is 30.5 Å². The molecule has 0 aliphatic rings. The van der Waals surface area contributed by atoms with E-state index in [1.807, 2.05) is 26.0 Å². The zero-order chi connectivity index (χ0) is 15.1. The zero-order valence-electron chi connectivity index (χ0n) is 12.4. The molecule has 0 saturated heterocycles. The second-order valence-electron chi connectivity index (χ2n) is 4.91. The van der Waals surface area contributed by atoms with Gasteiger partial charge in [0.1, 0.15) is 6.33 Å². The van der Waals surface area contributed by atoms with Gasteiger partial charge in [0.2, 0.25) is 5.91 Å². The third-order valence-corrected chi connectivity index (χ3v) is 3.31. The Morgan fingerprint density at radius 1 is 1.48 bits per heavy atom. The van der Waals surface area contributed by atoms with Crippen LogP contribution in [0.25, 0.3) is 0 Å². The van der Waals surface area contributed by atoms with E-state index in [1.54, 1.807) is 17.2 Å². The van der Waals surface area contributed by atoms with Crippen molar-refractivity contribution in [1.29, 1.82) is 0 Å². The summed E-state index contributed by atoms with van der Waals surface area (Å²) in [5.74, 6) is 0.0278. The first-order valence-corrected chi connectivity index (χ1v) is 7.12. The summed E-state index contributed by atoms with van der Waals surface area (Å²) >= 11 is 0. The lowest BCUT2D eigenvalue weighted by molar-refractivity contribution is -0.122. The minimum Gasteiger partial charge on any atom is -0.348 e. The van der Waals surface area contributed by atoms with Gasteiger partial charge in [-0.1, -0.05) is 13.0 Å². The van der Waals surface area contributed by atoms with Crippen molar-refractivity contribution in [3.05, 3.63) is 35.9 Å². The molecule has 0 saturated carbocycles. The lowest BCUT2D eigenvalue weighted by atomic mass is 10.1. The summed E-state index contributed by atoms with van der Waals surface area (Å²) in [5.41, 5.74) is 2.03. The molecule has 1 atom stereocenters. The van der Waals surface area contributed by atoms with Gasteiger partial charge in [-0.05, 0) is 41.8 Å². The van der Waals surface area contributed by atoms with Crippen molar-refractivity contribution in [2.24, 2.45) is 0 Å². The molecule has 0 bridgehead atoms. The highest BCUT2D eigenvalue weighted by Crippen LogP contribution is 2.17. The SMILES string of the molecule is CC[C@H](NC(=O)CCCn1cnnn1)c1ncccc1C. The second-order valence-corrected chi connectivity index (χ2v) is 4.91. The number of hydrogen-bond acceptors (Lipinski definition) is 5. The molecular weight excluding hydrogens is 268 g/mol. The number of aryl methyl sites for hydroxylation is 2. The molecule has 2 rings (SSSR count). The molecule has 7 heteroatoms. The van der Waals surface area contributed by atoms with Crippen LogP contribution in [0.5, 0.6) is 0 Å². The summed E-state index contributed by atoms with van der Waals surface area (Å²) in [5, 5.41) is 13.9. The Hall–Kier alpha value is -2.31. The third kappa shape index (κ3) is 4.34. The molecule has 0 spiro atoms. The molecule has 2 aromatic heterocycles. The number of tetrazole rings is 1. The Bertz CT molecular complexity index is 569. The fourth-order valence-electron chi connectivity index (χ4n) is 2.18. The van der Waals surface area contributed by atoms with E-state index in [4.69, 9.17) is 0 Å². The lowest BCUT2D eigenvalue weighted by Gasteiger charge is -2.18. The number of amides is 1. The summed E-state index contributed by atoms with van der Waals surface area (Å²) in [6.45, 7) is 4.69. The number of nitrogens with one attached hydrogen (secondary N) is 1. The third-order valence-electron chi connectivity index (χ3n) is 3.31. The molecule has 0 radical (unpaired) electrons. The Kier molecular flexibility index (Phi) is 5.36. The van der Waals surface area contributed by atoms with Crippen molar-refractivity contribution >= 4 is 5.91 Å². The fraction of sp³-hybridized carbons (Fsp3) is 0.500. The Labute approximate surface area is 123 Å². The van der Waals surface area contributed by atoms with Crippen LogP contribution < -0.4 is 5.32 Å². The Morgan fingerprint density at radius 3 is 3.00 bits per heavy atom. The monoisotopic (exact) mass is 288 g/mol. The number of nitrogens with zero attached hydrogens (tertiary/aromatic N) is 5. The second kappa shape index (κ2) is 7.47. The van der Waals surface area contributed by atoms with Gasteiger partial charge < -0.3 is 5.32 Å². The van der Waals surface area contributed by atoms with Gasteiger partial charge in [0.15, 0.2) is 0 Å². The largest absolute Gasteiger partial charge is 0.348 e. The lowest BCUT2D eigenvalue weighted by Crippen LogP contribution is -2.29. The van der Waals surface area contributed by atoms with Gasteiger partial charge in [0.25, 0.3) is 0 Å². The van der Waals surface area contributed by atoms with E-state index in [0.29, 0.717) is 19.4 Å². The van der Waals surface area contributed by atoms with Crippen LogP contribution in [-0.4, -0.2) is 31.1 Å². The predicted octanol–water partition coefficient (Wildman–Crippen LogP) is 1.42. The van der Waals surface area contributed by atoms with Crippen molar-refractivity contribution < 1.29 is 4.79 Å². The number of hydrogen-bond donors (Lipinski definition) is 1. The normalized spacial score (nSPS) is 12.1. The molecule has 112 valence electrons. The first-order chi connectivity index (χ1) is 10.2. The van der Waals surface area contributed by atoms with E-state index in [9.17, 15) is 4.79 Å². The van der Waals surface area contributed by atoms with Crippen LogP contribution >= 0.6 is 0 Å². The van der Waals surface area contributed by atoms with Gasteiger partial charge in [-0.3, -0.25) is 9.78 Å². The fourth-order valence-corrected chi connectivity index (χ4v) is 2.18. The minimum atomic E-state index is -0.0354. The van der Waals surface area contributed by atoms with Gasteiger partial charge in [-0.2, -0.15) is 0 Å². The maximum absolute atomic E-state index is 12.0. The maximum atomic E-state index is 12.0. The zero-order valence-corrected chi connectivity index (χ0v) is 12.4. The molecule has 1 amide bonds. The Balaban J connectivity index is 1.84. The highest BCUT2D eigenvalue weighted by atomic mass is 16.1. The first kappa shape index (κ1) is 15.1. The minimum absolute atomic E-state index is 0.0278. The highest BCUT2D eigenvalue weighted by molar-refractivity contribution is 5.76. The number of aromatic nitrogens is 5. The van der Waals surface area contributed by atoms with Crippen molar-refractivity contribution in [3.8, 4) is 0 Å². The quantitative estimate of drug-likeness (QED) is 0.833. The smallest absolute Gasteiger partial charge is 0.220 e. The molecule has 1 N–H and O–H groups in total. The number of carbonyl (C=O) groups is 1. The summed E-state index contributed by atoms with van der Waals surface area (Å²) in [7, 11) is 0. The van der Waals surface area contributed by atoms with Crippen LogP contribution in [0.15, 0.2) is 24.7 Å². The molecule has 0 aromatic carbocycles. The van der Waals surface area contributed by atoms with Crippen LogP contribution in [0.2, 0.25) is 0 Å². The van der Waals surface area contributed by atoms with Gasteiger partial charge >= 0.3 is 0 Å². The molecule has 2 heterocycles. The van der Waals surface area contributed by atoms with Crippen LogP contribution in [0, 0.1) is 6.92 Å². The highest BCUT2D eigenvalue weighted by Gasteiger charge is 2.15. The van der Waals surface area contributed by atoms with E-state index in [-0.39, 0.29) is 11.9 Å². The van der Waals surface area contributed by atoms with Crippen molar-refractivity contribution in [3.63, 3.8) is 0 Å². The number of pyridine rings is 1. The van der Waals surface area contributed by atoms with Crippen LogP contribution in [0.1, 0.15) is 43.5 Å². The van der Waals surface area contributed by atoms with Crippen LogP contribution in [-0.2, 0) is 11.3 Å². The van der Waals surface area contributed by atoms with E-state index in [1.165, 1.54) is 0 Å². The summed E-state index contributed by atoms with van der Waals surface area (Å²) in [6.07, 6.45) is 5.27. The topological polar surface area (TPSA) is 85.6 Å². The van der Waals surface area contributed by atoms with Gasteiger partial charge in [-0.15, -0.1) is 5.10 Å². The predicted molar refractivity (Wildman–Crippen MR) is 77.2 cm³/mol. The molecule has 7 nitrogen and oxygen atoms in total. The van der Waals surface area contributed by atoms with Gasteiger partial charge in [-0.25, -0.2) is 4.68 Å². The van der Waals surface area contributed by atoms with E-state index < -0.39 is 0 Å². The molecule has 21 heavy (non-hydrogen) atoms. The molecule has 0 fully saturated rings. The van der Waals surface area contributed by atoms with Gasteiger partial charge in [0.05, 0.1) is 11.7 Å². The summed E-state index contributed by atoms with van der Waals surface area (Å²) in [4.78, 5) is 16.4. The molecule has 0 unspecified atom stereocenters. The van der Waals surface area contributed by atoms with Crippen molar-refractivity contribution in [2.45, 2.75) is 45.7 Å². The van der Waals surface area contributed by atoms with E-state index in [0.717, 1.165) is 17.7 Å².